The van der Waals surface area contributed by atoms with Gasteiger partial charge >= 0.3 is 0 Å². The number of carbonyl (C=O) groups is 1. The van der Waals surface area contributed by atoms with Gasteiger partial charge in [-0.15, -0.1) is 11.3 Å². The topological polar surface area (TPSA) is 64.3 Å². The molecule has 2 rings (SSSR count). The Morgan fingerprint density at radius 3 is 2.95 bits per heavy atom. The van der Waals surface area contributed by atoms with E-state index in [1.165, 1.54) is 11.3 Å². The van der Waals surface area contributed by atoms with Gasteiger partial charge in [-0.25, -0.2) is 0 Å². The number of amides is 1. The first kappa shape index (κ1) is 16.1. The van der Waals surface area contributed by atoms with Gasteiger partial charge in [-0.2, -0.15) is 0 Å². The Kier molecular flexibility index (Phi) is 5.85. The molecule has 1 aromatic heterocycles. The van der Waals surface area contributed by atoms with Gasteiger partial charge in [-0.3, -0.25) is 4.79 Å². The SMILES string of the molecule is COCCCCCNC(=O)c1sc2cc(Cl)ccc2c1N. The minimum atomic E-state index is -0.114. The monoisotopic (exact) mass is 326 g/mol. The van der Waals surface area contributed by atoms with Gasteiger partial charge in [0.2, 0.25) is 0 Å². The van der Waals surface area contributed by atoms with Gasteiger partial charge in [-0.1, -0.05) is 11.6 Å². The molecule has 0 aliphatic rings. The molecule has 4 nitrogen and oxygen atoms in total. The van der Waals surface area contributed by atoms with Gasteiger partial charge in [0.25, 0.3) is 5.91 Å². The summed E-state index contributed by atoms with van der Waals surface area (Å²) in [6, 6.07) is 5.47. The maximum absolute atomic E-state index is 12.2. The molecular formula is C15H19ClN2O2S. The normalized spacial score (nSPS) is 11.0. The number of fused-ring (bicyclic) bond motifs is 1. The predicted molar refractivity (Wildman–Crippen MR) is 89.3 cm³/mol. The molecule has 0 atom stereocenters. The number of hydrogen-bond acceptors (Lipinski definition) is 4. The van der Waals surface area contributed by atoms with Gasteiger partial charge in [0.1, 0.15) is 4.88 Å². The first-order valence-corrected chi connectivity index (χ1v) is 8.07. The Bertz CT molecular complexity index is 627. The van der Waals surface area contributed by atoms with E-state index < -0.39 is 0 Å². The van der Waals surface area contributed by atoms with Crippen molar-refractivity contribution < 1.29 is 9.53 Å². The number of thiophene rings is 1. The number of anilines is 1. The molecule has 1 amide bonds. The van der Waals surface area contributed by atoms with Crippen molar-refractivity contribution in [2.45, 2.75) is 19.3 Å². The van der Waals surface area contributed by atoms with Crippen molar-refractivity contribution >= 4 is 44.6 Å². The molecule has 1 aromatic carbocycles. The zero-order valence-corrected chi connectivity index (χ0v) is 13.5. The van der Waals surface area contributed by atoms with Crippen molar-refractivity contribution in [2.75, 3.05) is 26.0 Å². The van der Waals surface area contributed by atoms with Gasteiger partial charge in [0.05, 0.1) is 5.69 Å². The summed E-state index contributed by atoms with van der Waals surface area (Å²) in [5.41, 5.74) is 6.58. The number of nitrogens with two attached hydrogens (primary N) is 1. The number of unbranched alkanes of at least 4 members (excludes halogenated alkanes) is 2. The molecule has 0 aliphatic heterocycles. The quantitative estimate of drug-likeness (QED) is 0.763. The highest BCUT2D eigenvalue weighted by atomic mass is 35.5. The van der Waals surface area contributed by atoms with E-state index in [2.05, 4.69) is 5.32 Å². The van der Waals surface area contributed by atoms with Gasteiger partial charge in [-0.05, 0) is 37.5 Å². The lowest BCUT2D eigenvalue weighted by molar-refractivity contribution is 0.0957. The molecule has 6 heteroatoms. The molecule has 2 aromatic rings. The fourth-order valence-electron chi connectivity index (χ4n) is 2.09. The number of hydrogen-bond donors (Lipinski definition) is 2. The highest BCUT2D eigenvalue weighted by Gasteiger charge is 2.15. The van der Waals surface area contributed by atoms with Gasteiger partial charge in [0, 0.05) is 35.4 Å². The summed E-state index contributed by atoms with van der Waals surface area (Å²) in [6.07, 6.45) is 2.98. The van der Waals surface area contributed by atoms with Crippen LogP contribution < -0.4 is 11.1 Å². The molecule has 0 spiro atoms. The molecule has 3 N–H and O–H groups in total. The first-order chi connectivity index (χ1) is 10.1. The molecular weight excluding hydrogens is 308 g/mol. The van der Waals surface area contributed by atoms with Crippen molar-refractivity contribution in [1.82, 2.24) is 5.32 Å². The Balaban J connectivity index is 1.95. The Morgan fingerprint density at radius 2 is 2.19 bits per heavy atom. The summed E-state index contributed by atoms with van der Waals surface area (Å²) < 4.78 is 5.92. The van der Waals surface area contributed by atoms with E-state index in [0.717, 1.165) is 36.0 Å². The lowest BCUT2D eigenvalue weighted by atomic mass is 10.2. The van der Waals surface area contributed by atoms with Crippen molar-refractivity contribution in [2.24, 2.45) is 0 Å². The summed E-state index contributed by atoms with van der Waals surface area (Å²) in [7, 11) is 1.69. The second-order valence-electron chi connectivity index (χ2n) is 4.79. The zero-order chi connectivity index (χ0) is 15.2. The van der Waals surface area contributed by atoms with Crippen molar-refractivity contribution in [1.29, 1.82) is 0 Å². The fourth-order valence-corrected chi connectivity index (χ4v) is 3.40. The third kappa shape index (κ3) is 4.09. The number of methoxy groups -OCH3 is 1. The second-order valence-corrected chi connectivity index (χ2v) is 6.28. The number of benzene rings is 1. The van der Waals surface area contributed by atoms with Gasteiger partial charge < -0.3 is 15.8 Å². The average Bonchev–Trinajstić information content (AvgIpc) is 2.79. The molecule has 0 unspecified atom stereocenters. The van der Waals surface area contributed by atoms with Crippen LogP contribution in [0.4, 0.5) is 5.69 Å². The summed E-state index contributed by atoms with van der Waals surface area (Å²) >= 11 is 7.34. The Morgan fingerprint density at radius 1 is 1.38 bits per heavy atom. The molecule has 0 fully saturated rings. The van der Waals surface area contributed by atoms with Crippen LogP contribution >= 0.6 is 22.9 Å². The zero-order valence-electron chi connectivity index (χ0n) is 11.9. The lowest BCUT2D eigenvalue weighted by Crippen LogP contribution is -2.24. The fraction of sp³-hybridized carbons (Fsp3) is 0.400. The van der Waals surface area contributed by atoms with E-state index in [1.54, 1.807) is 13.2 Å². The second kappa shape index (κ2) is 7.64. The molecule has 21 heavy (non-hydrogen) atoms. The van der Waals surface area contributed by atoms with Crippen LogP contribution in [0.25, 0.3) is 10.1 Å². The minimum absolute atomic E-state index is 0.114. The smallest absolute Gasteiger partial charge is 0.263 e. The summed E-state index contributed by atoms with van der Waals surface area (Å²) in [4.78, 5) is 12.7. The average molecular weight is 327 g/mol. The molecule has 0 aliphatic carbocycles. The van der Waals surface area contributed by atoms with Gasteiger partial charge in [0.15, 0.2) is 0 Å². The number of rotatable bonds is 7. The summed E-state index contributed by atoms with van der Waals surface area (Å²) in [5.74, 6) is -0.114. The summed E-state index contributed by atoms with van der Waals surface area (Å²) in [6.45, 7) is 1.41. The van der Waals surface area contributed by atoms with Crippen LogP contribution in [0.5, 0.6) is 0 Å². The van der Waals surface area contributed by atoms with Crippen LogP contribution in [0, 0.1) is 0 Å². The first-order valence-electron chi connectivity index (χ1n) is 6.88. The Hall–Kier alpha value is -1.30. The van der Waals surface area contributed by atoms with Crippen molar-refractivity contribution in [3.8, 4) is 0 Å². The number of halogens is 1. The van der Waals surface area contributed by atoms with Crippen LogP contribution in [0.1, 0.15) is 28.9 Å². The van der Waals surface area contributed by atoms with Crippen LogP contribution in [0.15, 0.2) is 18.2 Å². The number of carbonyl (C=O) groups excluding carboxylic acids is 1. The van der Waals surface area contributed by atoms with E-state index in [9.17, 15) is 4.79 Å². The standard InChI is InChI=1S/C15H19ClN2O2S/c1-20-8-4-2-3-7-18-15(19)14-13(17)11-6-5-10(16)9-12(11)21-14/h5-6,9H,2-4,7-8,17H2,1H3,(H,18,19). The maximum Gasteiger partial charge on any atom is 0.263 e. The number of ether oxygens (including phenoxy) is 1. The highest BCUT2D eigenvalue weighted by molar-refractivity contribution is 7.21. The van der Waals surface area contributed by atoms with Crippen molar-refractivity contribution in [3.63, 3.8) is 0 Å². The number of nitrogens with one attached hydrogen (secondary N) is 1. The molecule has 0 saturated carbocycles. The van der Waals surface area contributed by atoms with Crippen LogP contribution in [-0.2, 0) is 4.74 Å². The minimum Gasteiger partial charge on any atom is -0.397 e. The van der Waals surface area contributed by atoms with E-state index in [4.69, 9.17) is 22.1 Å². The van der Waals surface area contributed by atoms with E-state index in [1.807, 2.05) is 12.1 Å². The summed E-state index contributed by atoms with van der Waals surface area (Å²) in [5, 5.41) is 4.44. The molecule has 1 heterocycles. The molecule has 0 saturated heterocycles. The third-order valence-corrected chi connectivity index (χ3v) is 4.61. The maximum atomic E-state index is 12.2. The van der Waals surface area contributed by atoms with Crippen LogP contribution in [0.3, 0.4) is 0 Å². The Labute approximate surface area is 133 Å². The number of nitrogen functional groups attached to an aromatic ring is 1. The van der Waals surface area contributed by atoms with Crippen LogP contribution in [-0.4, -0.2) is 26.2 Å². The third-order valence-electron chi connectivity index (χ3n) is 3.21. The van der Waals surface area contributed by atoms with Crippen LogP contribution in [0.2, 0.25) is 5.02 Å². The van der Waals surface area contributed by atoms with E-state index in [0.29, 0.717) is 22.1 Å². The molecule has 0 bridgehead atoms. The predicted octanol–water partition coefficient (Wildman–Crippen LogP) is 3.68. The van der Waals surface area contributed by atoms with E-state index in [-0.39, 0.29) is 5.91 Å². The lowest BCUT2D eigenvalue weighted by Gasteiger charge is -2.04. The largest absolute Gasteiger partial charge is 0.397 e. The van der Waals surface area contributed by atoms with Crippen molar-refractivity contribution in [3.05, 3.63) is 28.1 Å². The van der Waals surface area contributed by atoms with E-state index >= 15 is 0 Å². The molecule has 0 radical (unpaired) electrons. The molecule has 114 valence electrons. The highest BCUT2D eigenvalue weighted by Crippen LogP contribution is 2.35.